The molecule has 18 heavy (non-hydrogen) atoms. The van der Waals surface area contributed by atoms with Crippen molar-refractivity contribution in [1.82, 2.24) is 5.32 Å². The van der Waals surface area contributed by atoms with Gasteiger partial charge in [0.1, 0.15) is 0 Å². The van der Waals surface area contributed by atoms with E-state index in [1.807, 2.05) is 0 Å². The average molecular weight is 313 g/mol. The standard InChI is InChI=1S/C13H17BrN2O2/c14-9-2-4-11(12(15)6-9)13(18)16-7-8-1-3-10(17)5-8/h2,4,6,8,10,17H,1,3,5,7,15H2,(H,16,18). The van der Waals surface area contributed by atoms with Gasteiger partial charge in [0.25, 0.3) is 5.91 Å². The van der Waals surface area contributed by atoms with Gasteiger partial charge in [0.2, 0.25) is 0 Å². The number of nitrogens with one attached hydrogen (secondary N) is 1. The van der Waals surface area contributed by atoms with Crippen molar-refractivity contribution in [3.63, 3.8) is 0 Å². The molecule has 0 aliphatic heterocycles. The summed E-state index contributed by atoms with van der Waals surface area (Å²) in [5.74, 6) is 0.224. The maximum absolute atomic E-state index is 11.9. The first kappa shape index (κ1) is 13.4. The van der Waals surface area contributed by atoms with Crippen molar-refractivity contribution in [3.05, 3.63) is 28.2 Å². The summed E-state index contributed by atoms with van der Waals surface area (Å²) in [6.07, 6.45) is 2.37. The van der Waals surface area contributed by atoms with Gasteiger partial charge >= 0.3 is 0 Å². The van der Waals surface area contributed by atoms with E-state index in [1.54, 1.807) is 18.2 Å². The molecule has 0 bridgehead atoms. The van der Waals surface area contributed by atoms with Crippen LogP contribution in [-0.4, -0.2) is 23.7 Å². The molecule has 2 unspecified atom stereocenters. The number of aliphatic hydroxyl groups is 1. The smallest absolute Gasteiger partial charge is 0.253 e. The maximum atomic E-state index is 11.9. The van der Waals surface area contributed by atoms with Crippen LogP contribution in [0.5, 0.6) is 0 Å². The molecule has 1 amide bonds. The quantitative estimate of drug-likeness (QED) is 0.746. The van der Waals surface area contributed by atoms with Crippen LogP contribution in [0.4, 0.5) is 5.69 Å². The first-order valence-electron chi connectivity index (χ1n) is 6.07. The Morgan fingerprint density at radius 1 is 1.50 bits per heavy atom. The number of hydrogen-bond donors (Lipinski definition) is 3. The summed E-state index contributed by atoms with van der Waals surface area (Å²) in [6.45, 7) is 0.603. The number of amides is 1. The number of nitrogen functional groups attached to an aromatic ring is 1. The largest absolute Gasteiger partial charge is 0.398 e. The molecule has 0 spiro atoms. The lowest BCUT2D eigenvalue weighted by atomic mass is 10.1. The Hall–Kier alpha value is -1.07. The zero-order chi connectivity index (χ0) is 13.1. The number of anilines is 1. The number of benzene rings is 1. The average Bonchev–Trinajstić information content (AvgIpc) is 2.72. The minimum atomic E-state index is -0.204. The third kappa shape index (κ3) is 3.23. The van der Waals surface area contributed by atoms with Crippen molar-refractivity contribution in [1.29, 1.82) is 0 Å². The highest BCUT2D eigenvalue weighted by atomic mass is 79.9. The molecule has 0 aromatic heterocycles. The van der Waals surface area contributed by atoms with Crippen LogP contribution in [0.1, 0.15) is 29.6 Å². The van der Waals surface area contributed by atoms with Crippen LogP contribution in [0.25, 0.3) is 0 Å². The van der Waals surface area contributed by atoms with Gasteiger partial charge in [0.05, 0.1) is 11.7 Å². The molecule has 2 atom stereocenters. The van der Waals surface area contributed by atoms with Crippen LogP contribution >= 0.6 is 15.9 Å². The molecule has 5 heteroatoms. The fourth-order valence-electron chi connectivity index (χ4n) is 2.31. The van der Waals surface area contributed by atoms with E-state index in [-0.39, 0.29) is 12.0 Å². The van der Waals surface area contributed by atoms with Gasteiger partial charge in [-0.1, -0.05) is 15.9 Å². The number of rotatable bonds is 3. The van der Waals surface area contributed by atoms with Crippen molar-refractivity contribution in [2.45, 2.75) is 25.4 Å². The summed E-state index contributed by atoms with van der Waals surface area (Å²) in [5, 5.41) is 12.3. The molecular weight excluding hydrogens is 296 g/mol. The lowest BCUT2D eigenvalue weighted by Crippen LogP contribution is -2.29. The maximum Gasteiger partial charge on any atom is 0.253 e. The molecule has 2 rings (SSSR count). The molecule has 4 N–H and O–H groups in total. The molecule has 1 aliphatic carbocycles. The zero-order valence-corrected chi connectivity index (χ0v) is 11.6. The number of nitrogens with two attached hydrogens (primary N) is 1. The van der Waals surface area contributed by atoms with Crippen molar-refractivity contribution in [2.75, 3.05) is 12.3 Å². The summed E-state index contributed by atoms with van der Waals surface area (Å²) in [7, 11) is 0. The molecule has 98 valence electrons. The Kier molecular flexibility index (Phi) is 4.24. The topological polar surface area (TPSA) is 75.4 Å². The van der Waals surface area contributed by atoms with Gasteiger partial charge in [-0.05, 0) is 43.4 Å². The molecule has 0 saturated heterocycles. The van der Waals surface area contributed by atoms with E-state index >= 15 is 0 Å². The summed E-state index contributed by atoms with van der Waals surface area (Å²) in [4.78, 5) is 11.9. The van der Waals surface area contributed by atoms with E-state index in [9.17, 15) is 9.90 Å². The monoisotopic (exact) mass is 312 g/mol. The number of carbonyl (C=O) groups is 1. The van der Waals surface area contributed by atoms with E-state index in [0.717, 1.165) is 23.7 Å². The second kappa shape index (κ2) is 5.71. The van der Waals surface area contributed by atoms with Crippen LogP contribution < -0.4 is 11.1 Å². The molecule has 1 aliphatic rings. The normalized spacial score (nSPS) is 23.0. The third-order valence-corrected chi connectivity index (χ3v) is 3.82. The molecule has 0 heterocycles. The van der Waals surface area contributed by atoms with E-state index in [0.29, 0.717) is 23.7 Å². The molecule has 1 aromatic rings. The lowest BCUT2D eigenvalue weighted by Gasteiger charge is -2.12. The van der Waals surface area contributed by atoms with Gasteiger partial charge < -0.3 is 16.2 Å². The SMILES string of the molecule is Nc1cc(Br)ccc1C(=O)NCC1CCC(O)C1. The van der Waals surface area contributed by atoms with Gasteiger partial charge in [0, 0.05) is 16.7 Å². The van der Waals surface area contributed by atoms with Crippen molar-refractivity contribution < 1.29 is 9.90 Å². The van der Waals surface area contributed by atoms with Crippen molar-refractivity contribution in [2.24, 2.45) is 5.92 Å². The summed E-state index contributed by atoms with van der Waals surface area (Å²) in [5.41, 5.74) is 6.76. The molecular formula is C13H17BrN2O2. The molecule has 1 fully saturated rings. The predicted octanol–water partition coefficient (Wildman–Crippen LogP) is 1.92. The minimum Gasteiger partial charge on any atom is -0.398 e. The van der Waals surface area contributed by atoms with Crippen LogP contribution in [-0.2, 0) is 0 Å². The van der Waals surface area contributed by atoms with Gasteiger partial charge in [0.15, 0.2) is 0 Å². The first-order chi connectivity index (χ1) is 8.56. The van der Waals surface area contributed by atoms with E-state index in [1.165, 1.54) is 0 Å². The van der Waals surface area contributed by atoms with E-state index < -0.39 is 0 Å². The Morgan fingerprint density at radius 3 is 2.89 bits per heavy atom. The Balaban J connectivity index is 1.91. The molecule has 4 nitrogen and oxygen atoms in total. The van der Waals surface area contributed by atoms with Crippen molar-refractivity contribution >= 4 is 27.5 Å². The number of aliphatic hydroxyl groups excluding tert-OH is 1. The third-order valence-electron chi connectivity index (χ3n) is 3.32. The first-order valence-corrected chi connectivity index (χ1v) is 6.87. The highest BCUT2D eigenvalue weighted by Gasteiger charge is 2.23. The minimum absolute atomic E-state index is 0.151. The second-order valence-electron chi connectivity index (χ2n) is 4.77. The predicted molar refractivity (Wildman–Crippen MR) is 74.2 cm³/mol. The van der Waals surface area contributed by atoms with E-state index in [4.69, 9.17) is 5.73 Å². The Labute approximate surface area is 115 Å². The molecule has 0 radical (unpaired) electrons. The van der Waals surface area contributed by atoms with E-state index in [2.05, 4.69) is 21.2 Å². The van der Waals surface area contributed by atoms with Gasteiger partial charge in [-0.25, -0.2) is 0 Å². The van der Waals surface area contributed by atoms with Gasteiger partial charge in [-0.3, -0.25) is 4.79 Å². The van der Waals surface area contributed by atoms with Crippen LogP contribution in [0.15, 0.2) is 22.7 Å². The zero-order valence-electron chi connectivity index (χ0n) is 10.0. The van der Waals surface area contributed by atoms with Gasteiger partial charge in [-0.2, -0.15) is 0 Å². The molecule has 1 saturated carbocycles. The van der Waals surface area contributed by atoms with Crippen LogP contribution in [0.3, 0.4) is 0 Å². The fourth-order valence-corrected chi connectivity index (χ4v) is 2.69. The van der Waals surface area contributed by atoms with Gasteiger partial charge in [-0.15, -0.1) is 0 Å². The van der Waals surface area contributed by atoms with Crippen LogP contribution in [0, 0.1) is 5.92 Å². The highest BCUT2D eigenvalue weighted by molar-refractivity contribution is 9.10. The lowest BCUT2D eigenvalue weighted by molar-refractivity contribution is 0.0946. The highest BCUT2D eigenvalue weighted by Crippen LogP contribution is 2.25. The Morgan fingerprint density at radius 2 is 2.28 bits per heavy atom. The number of halogens is 1. The summed E-state index contributed by atoms with van der Waals surface area (Å²) in [6, 6.07) is 5.22. The number of hydrogen-bond acceptors (Lipinski definition) is 3. The fraction of sp³-hybridized carbons (Fsp3) is 0.462. The second-order valence-corrected chi connectivity index (χ2v) is 5.69. The summed E-state index contributed by atoms with van der Waals surface area (Å²) >= 11 is 3.31. The van der Waals surface area contributed by atoms with Crippen LogP contribution in [0.2, 0.25) is 0 Å². The summed E-state index contributed by atoms with van der Waals surface area (Å²) < 4.78 is 0.857. The number of carbonyl (C=O) groups excluding carboxylic acids is 1. The van der Waals surface area contributed by atoms with Crippen molar-refractivity contribution in [3.8, 4) is 0 Å². The Bertz CT molecular complexity index is 451. The molecule has 1 aromatic carbocycles.